The highest BCUT2D eigenvalue weighted by Gasteiger charge is 2.07. The Morgan fingerprint density at radius 2 is 1.87 bits per heavy atom. The van der Waals surface area contributed by atoms with Gasteiger partial charge in [-0.15, -0.1) is 0 Å². The van der Waals surface area contributed by atoms with Gasteiger partial charge >= 0.3 is 0 Å². The van der Waals surface area contributed by atoms with Crippen LogP contribution in [0.3, 0.4) is 0 Å². The van der Waals surface area contributed by atoms with Crippen molar-refractivity contribution in [2.24, 2.45) is 0 Å². The Kier molecular flexibility index (Phi) is 2.26. The summed E-state index contributed by atoms with van der Waals surface area (Å²) in [6.45, 7) is 2.13. The van der Waals surface area contributed by atoms with Crippen LogP contribution < -0.4 is 22.3 Å². The number of nitrogens with zero attached hydrogens (tertiary/aromatic N) is 1. The van der Waals surface area contributed by atoms with E-state index in [1.165, 1.54) is 16.5 Å². The molecule has 2 rings (SSSR count). The van der Waals surface area contributed by atoms with Gasteiger partial charge in [-0.05, 0) is 18.6 Å². The predicted octanol–water partition coefficient (Wildman–Crippen LogP) is -3.10. The average Bonchev–Trinajstić information content (AvgIpc) is 2.17. The lowest BCUT2D eigenvalue weighted by atomic mass is 9.79. The Labute approximate surface area is 92.5 Å². The Balaban J connectivity index is 2.98. The number of nitrogen functional groups attached to an aromatic ring is 1. The topological polar surface area (TPSA) is 38.9 Å². The molecule has 0 unspecified atom stereocenters. The summed E-state index contributed by atoms with van der Waals surface area (Å²) < 4.78 is 0. The first-order valence-electron chi connectivity index (χ1n) is 5.14. The second-order valence-electron chi connectivity index (χ2n) is 4.19. The van der Waals surface area contributed by atoms with Gasteiger partial charge in [-0.25, -0.2) is 0 Å². The summed E-state index contributed by atoms with van der Waals surface area (Å²) in [7, 11) is 6.20. The lowest BCUT2D eigenvalue weighted by molar-refractivity contribution is 1.47. The van der Waals surface area contributed by atoms with Crippen LogP contribution >= 0.6 is 0 Å². The van der Waals surface area contributed by atoms with E-state index in [1.807, 2.05) is 13.9 Å². The zero-order valence-electron chi connectivity index (χ0n) is 9.68. The molecule has 1 heterocycles. The summed E-state index contributed by atoms with van der Waals surface area (Å²) in [5.74, 6) is 0. The number of anilines is 1. The fourth-order valence-electron chi connectivity index (χ4n) is 1.94. The number of rotatable bonds is 0. The van der Waals surface area contributed by atoms with Crippen molar-refractivity contribution >= 4 is 56.6 Å². The van der Waals surface area contributed by atoms with E-state index in [-0.39, 0.29) is 0 Å². The Morgan fingerprint density at radius 1 is 1.20 bits per heavy atom. The van der Waals surface area contributed by atoms with Crippen molar-refractivity contribution in [3.8, 4) is 0 Å². The highest BCUT2D eigenvalue weighted by Crippen LogP contribution is 2.15. The fraction of sp³-hybridized carbons (Fsp3) is 0.100. The summed E-state index contributed by atoms with van der Waals surface area (Å²) in [5, 5.41) is 1.07. The third-order valence-corrected chi connectivity index (χ3v) is 3.09. The molecule has 5 heteroatoms. The van der Waals surface area contributed by atoms with Gasteiger partial charge in [0.2, 0.25) is 0 Å². The van der Waals surface area contributed by atoms with E-state index >= 15 is 0 Å². The van der Waals surface area contributed by atoms with Crippen molar-refractivity contribution in [2.45, 2.75) is 6.92 Å². The lowest BCUT2D eigenvalue weighted by Gasteiger charge is -2.11. The first kappa shape index (κ1) is 10.2. The van der Waals surface area contributed by atoms with Gasteiger partial charge in [0.15, 0.2) is 7.85 Å². The predicted molar refractivity (Wildman–Crippen MR) is 75.4 cm³/mol. The maximum absolute atomic E-state index is 6.00. The van der Waals surface area contributed by atoms with Gasteiger partial charge in [-0.3, -0.25) is 4.98 Å². The standard InChI is InChI=1S/C10H13B3N2/c1-4-6(11)2-5-7(14)3-8(12)15-10(5)9(4)13/h2-3H,11-13H2,1H3,(H2,14,15). The van der Waals surface area contributed by atoms with Crippen LogP contribution in [0.15, 0.2) is 12.1 Å². The minimum atomic E-state index is 0.823. The molecular formula is C10H13B3N2. The van der Waals surface area contributed by atoms with Gasteiger partial charge in [-0.1, -0.05) is 22.6 Å². The highest BCUT2D eigenvalue weighted by molar-refractivity contribution is 6.45. The van der Waals surface area contributed by atoms with E-state index in [1.54, 1.807) is 0 Å². The molecule has 0 fully saturated rings. The molecule has 0 bridgehead atoms. The van der Waals surface area contributed by atoms with Crippen molar-refractivity contribution in [2.75, 3.05) is 5.73 Å². The van der Waals surface area contributed by atoms with Crippen LogP contribution in [-0.4, -0.2) is 28.5 Å². The van der Waals surface area contributed by atoms with E-state index in [9.17, 15) is 0 Å². The number of aromatic nitrogens is 1. The molecule has 72 valence electrons. The van der Waals surface area contributed by atoms with Crippen LogP contribution in [-0.2, 0) is 0 Å². The smallest absolute Gasteiger partial charge is 0.164 e. The molecule has 1 aromatic heterocycles. The zero-order chi connectivity index (χ0) is 11.2. The fourth-order valence-corrected chi connectivity index (χ4v) is 1.94. The van der Waals surface area contributed by atoms with E-state index in [2.05, 4.69) is 33.7 Å². The molecule has 2 N–H and O–H groups in total. The van der Waals surface area contributed by atoms with E-state index in [0.29, 0.717) is 0 Å². The molecule has 1 aromatic carbocycles. The molecule has 0 amide bonds. The summed E-state index contributed by atoms with van der Waals surface area (Å²) in [4.78, 5) is 4.56. The van der Waals surface area contributed by atoms with Crippen LogP contribution in [0.2, 0.25) is 0 Å². The first-order valence-corrected chi connectivity index (χ1v) is 5.14. The van der Waals surface area contributed by atoms with Crippen LogP contribution in [0, 0.1) is 6.92 Å². The van der Waals surface area contributed by atoms with Crippen molar-refractivity contribution in [1.29, 1.82) is 0 Å². The van der Waals surface area contributed by atoms with Crippen molar-refractivity contribution < 1.29 is 0 Å². The monoisotopic (exact) mass is 194 g/mol. The number of nitrogens with two attached hydrogens (primary N) is 1. The minimum absolute atomic E-state index is 0.823. The number of pyridine rings is 1. The maximum Gasteiger partial charge on any atom is 0.164 e. The Bertz CT molecular complexity index is 552. The van der Waals surface area contributed by atoms with E-state index in [4.69, 9.17) is 5.73 Å². The van der Waals surface area contributed by atoms with Crippen molar-refractivity contribution in [3.63, 3.8) is 0 Å². The quantitative estimate of drug-likeness (QED) is 0.451. The molecule has 15 heavy (non-hydrogen) atoms. The number of fused-ring (bicyclic) bond motifs is 1. The summed E-state index contributed by atoms with van der Waals surface area (Å²) in [5.41, 5.74) is 12.7. The molecule has 0 aliphatic heterocycles. The molecule has 0 radical (unpaired) electrons. The van der Waals surface area contributed by atoms with E-state index in [0.717, 1.165) is 22.2 Å². The van der Waals surface area contributed by atoms with Gasteiger partial charge in [0.25, 0.3) is 0 Å². The molecule has 2 nitrogen and oxygen atoms in total. The van der Waals surface area contributed by atoms with Gasteiger partial charge in [0.05, 0.1) is 5.52 Å². The Morgan fingerprint density at radius 3 is 2.53 bits per heavy atom. The van der Waals surface area contributed by atoms with Crippen LogP contribution in [0.25, 0.3) is 10.9 Å². The van der Waals surface area contributed by atoms with Gasteiger partial charge < -0.3 is 5.73 Å². The second kappa shape index (κ2) is 3.33. The van der Waals surface area contributed by atoms with Gasteiger partial charge in [0, 0.05) is 11.1 Å². The lowest BCUT2D eigenvalue weighted by Crippen LogP contribution is -2.24. The van der Waals surface area contributed by atoms with Crippen LogP contribution in [0.4, 0.5) is 5.69 Å². The third kappa shape index (κ3) is 1.52. The molecule has 0 saturated heterocycles. The molecule has 0 spiro atoms. The normalized spacial score (nSPS) is 10.7. The largest absolute Gasteiger partial charge is 0.398 e. The van der Waals surface area contributed by atoms with Crippen LogP contribution in [0.5, 0.6) is 0 Å². The number of benzene rings is 1. The van der Waals surface area contributed by atoms with Crippen molar-refractivity contribution in [1.82, 2.24) is 4.98 Å². The SMILES string of the molecule is Bc1cc(N)c2cc(B)c(C)c(B)c2n1. The minimum Gasteiger partial charge on any atom is -0.398 e. The summed E-state index contributed by atoms with van der Waals surface area (Å²) in [6.07, 6.45) is 0. The average molecular weight is 194 g/mol. The van der Waals surface area contributed by atoms with Gasteiger partial charge in [0.1, 0.15) is 15.7 Å². The zero-order valence-corrected chi connectivity index (χ0v) is 9.68. The molecule has 0 aliphatic carbocycles. The molecular weight excluding hydrogens is 181 g/mol. The highest BCUT2D eigenvalue weighted by atomic mass is 14.7. The molecule has 0 atom stereocenters. The molecule has 0 aliphatic rings. The summed E-state index contributed by atoms with van der Waals surface area (Å²) >= 11 is 0. The third-order valence-electron chi connectivity index (χ3n) is 3.09. The maximum atomic E-state index is 6.00. The first-order chi connectivity index (χ1) is 7.00. The number of hydrogen-bond acceptors (Lipinski definition) is 2. The second-order valence-corrected chi connectivity index (χ2v) is 4.19. The summed E-state index contributed by atoms with van der Waals surface area (Å²) in [6, 6.07) is 4.05. The van der Waals surface area contributed by atoms with Gasteiger partial charge in [-0.2, -0.15) is 0 Å². The van der Waals surface area contributed by atoms with Crippen LogP contribution in [0.1, 0.15) is 5.56 Å². The molecule has 0 saturated carbocycles. The molecule has 2 aromatic rings. The Hall–Kier alpha value is -1.38. The van der Waals surface area contributed by atoms with Crippen molar-refractivity contribution in [3.05, 3.63) is 17.7 Å². The van der Waals surface area contributed by atoms with E-state index < -0.39 is 0 Å². The number of hydrogen-bond donors (Lipinski definition) is 1.